The highest BCUT2D eigenvalue weighted by atomic mass is 32.1. The molecule has 0 saturated heterocycles. The highest BCUT2D eigenvalue weighted by molar-refractivity contribution is 7.19. The van der Waals surface area contributed by atoms with E-state index in [-0.39, 0.29) is 0 Å². The smallest absolute Gasteiger partial charge is 0.0386 e. The average molecular weight is 219 g/mol. The topological polar surface area (TPSA) is 12.0 Å². The summed E-state index contributed by atoms with van der Waals surface area (Å²) in [6, 6.07) is 7.00. The van der Waals surface area contributed by atoms with E-state index in [1.165, 1.54) is 26.1 Å². The number of hydrogen-bond donors (Lipinski definition) is 1. The van der Waals surface area contributed by atoms with E-state index in [1.54, 1.807) is 0 Å². The van der Waals surface area contributed by atoms with Gasteiger partial charge in [0.15, 0.2) is 0 Å². The van der Waals surface area contributed by atoms with Crippen molar-refractivity contribution in [2.75, 3.05) is 7.05 Å². The normalized spacial score (nSPS) is 13.3. The summed E-state index contributed by atoms with van der Waals surface area (Å²) in [5.41, 5.74) is 2.82. The quantitative estimate of drug-likeness (QED) is 0.810. The first kappa shape index (κ1) is 10.7. The molecule has 1 atom stereocenters. The van der Waals surface area contributed by atoms with E-state index in [2.05, 4.69) is 44.3 Å². The molecule has 0 spiro atoms. The number of fused-ring (bicyclic) bond motifs is 1. The average Bonchev–Trinajstić information content (AvgIpc) is 2.57. The summed E-state index contributed by atoms with van der Waals surface area (Å²) < 4.78 is 1.44. The first-order valence-corrected chi connectivity index (χ1v) is 6.12. The molecule has 2 aromatic rings. The zero-order valence-corrected chi connectivity index (χ0v) is 10.5. The lowest BCUT2D eigenvalue weighted by molar-refractivity contribution is 0.661. The molecule has 1 nitrogen and oxygen atoms in total. The summed E-state index contributed by atoms with van der Waals surface area (Å²) in [4.78, 5) is 1.46. The van der Waals surface area contributed by atoms with Gasteiger partial charge in [0, 0.05) is 15.6 Å². The Labute approximate surface area is 95.1 Å². The van der Waals surface area contributed by atoms with E-state index >= 15 is 0 Å². The summed E-state index contributed by atoms with van der Waals surface area (Å²) >= 11 is 1.92. The molecule has 0 saturated carbocycles. The molecule has 0 amide bonds. The number of rotatable bonds is 2. The Morgan fingerprint density at radius 2 is 2.00 bits per heavy atom. The van der Waals surface area contributed by atoms with Gasteiger partial charge in [0.25, 0.3) is 0 Å². The van der Waals surface area contributed by atoms with Gasteiger partial charge in [-0.1, -0.05) is 18.2 Å². The number of hydrogen-bond acceptors (Lipinski definition) is 2. The van der Waals surface area contributed by atoms with Gasteiger partial charge >= 0.3 is 0 Å². The molecule has 0 fully saturated rings. The van der Waals surface area contributed by atoms with E-state index in [9.17, 15) is 0 Å². The predicted octanol–water partition coefficient (Wildman–Crippen LogP) is 3.80. The van der Waals surface area contributed by atoms with Crippen LogP contribution >= 0.6 is 11.3 Å². The SMILES string of the molecule is CNC(C)c1sc2c(C)cccc2c1C. The van der Waals surface area contributed by atoms with Crippen molar-refractivity contribution < 1.29 is 0 Å². The third-order valence-electron chi connectivity index (χ3n) is 3.02. The van der Waals surface area contributed by atoms with E-state index < -0.39 is 0 Å². The van der Waals surface area contributed by atoms with Gasteiger partial charge in [-0.3, -0.25) is 0 Å². The molecule has 15 heavy (non-hydrogen) atoms. The van der Waals surface area contributed by atoms with Crippen molar-refractivity contribution in [1.82, 2.24) is 5.32 Å². The molecule has 0 aliphatic heterocycles. The maximum absolute atomic E-state index is 3.31. The van der Waals surface area contributed by atoms with Gasteiger partial charge in [0.2, 0.25) is 0 Å². The maximum atomic E-state index is 3.31. The Balaban J connectivity index is 2.69. The largest absolute Gasteiger partial charge is 0.313 e. The van der Waals surface area contributed by atoms with Crippen molar-refractivity contribution >= 4 is 21.4 Å². The van der Waals surface area contributed by atoms with Crippen LogP contribution in [0.5, 0.6) is 0 Å². The summed E-state index contributed by atoms with van der Waals surface area (Å²) in [5.74, 6) is 0. The second kappa shape index (κ2) is 3.95. The standard InChI is InChI=1S/C13H17NS/c1-8-6-5-7-11-9(2)13(10(3)14-4)15-12(8)11/h5-7,10,14H,1-4H3. The Hall–Kier alpha value is -0.860. The van der Waals surface area contributed by atoms with Crippen LogP contribution in [0.1, 0.15) is 29.0 Å². The van der Waals surface area contributed by atoms with Crippen LogP contribution in [0.2, 0.25) is 0 Å². The van der Waals surface area contributed by atoms with Crippen molar-refractivity contribution in [3.63, 3.8) is 0 Å². The minimum atomic E-state index is 0.446. The van der Waals surface area contributed by atoms with E-state index in [4.69, 9.17) is 0 Å². The molecule has 0 aliphatic rings. The molecule has 1 unspecified atom stereocenters. The van der Waals surface area contributed by atoms with Crippen LogP contribution in [0, 0.1) is 13.8 Å². The van der Waals surface area contributed by atoms with Crippen LogP contribution in [0.15, 0.2) is 18.2 Å². The monoisotopic (exact) mass is 219 g/mol. The van der Waals surface area contributed by atoms with E-state index in [1.807, 2.05) is 18.4 Å². The van der Waals surface area contributed by atoms with E-state index in [0.29, 0.717) is 6.04 Å². The summed E-state index contributed by atoms with van der Waals surface area (Å²) in [6.07, 6.45) is 0. The van der Waals surface area contributed by atoms with Gasteiger partial charge in [0.05, 0.1) is 0 Å². The van der Waals surface area contributed by atoms with Crippen molar-refractivity contribution in [2.24, 2.45) is 0 Å². The molecule has 1 aromatic carbocycles. The highest BCUT2D eigenvalue weighted by Gasteiger charge is 2.13. The summed E-state index contributed by atoms with van der Waals surface area (Å²) in [5, 5.41) is 4.73. The lowest BCUT2D eigenvalue weighted by atomic mass is 10.1. The second-order valence-corrected chi connectivity index (χ2v) is 5.11. The molecule has 0 radical (unpaired) electrons. The Morgan fingerprint density at radius 3 is 2.60 bits per heavy atom. The van der Waals surface area contributed by atoms with Crippen LogP contribution in [-0.4, -0.2) is 7.05 Å². The molecular formula is C13H17NS. The minimum absolute atomic E-state index is 0.446. The number of aryl methyl sites for hydroxylation is 2. The molecule has 80 valence electrons. The summed E-state index contributed by atoms with van der Waals surface area (Å²) in [6.45, 7) is 6.63. The minimum Gasteiger partial charge on any atom is -0.313 e. The highest BCUT2D eigenvalue weighted by Crippen LogP contribution is 2.36. The fourth-order valence-electron chi connectivity index (χ4n) is 1.95. The fourth-order valence-corrected chi connectivity index (χ4v) is 3.28. The molecular weight excluding hydrogens is 202 g/mol. The Morgan fingerprint density at radius 1 is 1.27 bits per heavy atom. The first-order chi connectivity index (χ1) is 7.15. The van der Waals surface area contributed by atoms with Gasteiger partial charge in [-0.2, -0.15) is 0 Å². The van der Waals surface area contributed by atoms with Crippen molar-refractivity contribution in [3.05, 3.63) is 34.2 Å². The van der Waals surface area contributed by atoms with Crippen LogP contribution in [0.3, 0.4) is 0 Å². The third kappa shape index (κ3) is 1.68. The van der Waals surface area contributed by atoms with Gasteiger partial charge in [-0.05, 0) is 44.3 Å². The van der Waals surface area contributed by atoms with E-state index in [0.717, 1.165) is 0 Å². The molecule has 1 N–H and O–H groups in total. The van der Waals surface area contributed by atoms with Crippen molar-refractivity contribution in [3.8, 4) is 0 Å². The molecule has 0 aliphatic carbocycles. The van der Waals surface area contributed by atoms with Crippen molar-refractivity contribution in [2.45, 2.75) is 26.8 Å². The van der Waals surface area contributed by atoms with Crippen LogP contribution in [-0.2, 0) is 0 Å². The number of benzene rings is 1. The third-order valence-corrected chi connectivity index (χ3v) is 4.65. The summed E-state index contributed by atoms with van der Waals surface area (Å²) in [7, 11) is 2.02. The molecule has 2 rings (SSSR count). The molecule has 1 heterocycles. The maximum Gasteiger partial charge on any atom is 0.0386 e. The van der Waals surface area contributed by atoms with Crippen LogP contribution < -0.4 is 5.32 Å². The van der Waals surface area contributed by atoms with Crippen LogP contribution in [0.25, 0.3) is 10.1 Å². The first-order valence-electron chi connectivity index (χ1n) is 5.31. The zero-order valence-electron chi connectivity index (χ0n) is 9.72. The fraction of sp³-hybridized carbons (Fsp3) is 0.385. The molecule has 0 bridgehead atoms. The second-order valence-electron chi connectivity index (χ2n) is 4.05. The van der Waals surface area contributed by atoms with Crippen LogP contribution in [0.4, 0.5) is 0 Å². The molecule has 2 heteroatoms. The van der Waals surface area contributed by atoms with Gasteiger partial charge < -0.3 is 5.32 Å². The van der Waals surface area contributed by atoms with Gasteiger partial charge in [0.1, 0.15) is 0 Å². The van der Waals surface area contributed by atoms with Gasteiger partial charge in [-0.15, -0.1) is 11.3 Å². The predicted molar refractivity (Wildman–Crippen MR) is 68.8 cm³/mol. The zero-order chi connectivity index (χ0) is 11.0. The Bertz CT molecular complexity index is 484. The lowest BCUT2D eigenvalue weighted by Gasteiger charge is -2.08. The van der Waals surface area contributed by atoms with Gasteiger partial charge in [-0.25, -0.2) is 0 Å². The molecule has 1 aromatic heterocycles. The van der Waals surface area contributed by atoms with Crippen molar-refractivity contribution in [1.29, 1.82) is 0 Å². The lowest BCUT2D eigenvalue weighted by Crippen LogP contribution is -2.11. The Kier molecular flexibility index (Phi) is 2.81. The number of thiophene rings is 1. The number of nitrogens with one attached hydrogen (secondary N) is 1.